The van der Waals surface area contributed by atoms with E-state index >= 15 is 0 Å². The maximum atomic E-state index is 5.77. The fourth-order valence-corrected chi connectivity index (χ4v) is 2.11. The molecule has 17 heavy (non-hydrogen) atoms. The Morgan fingerprint density at radius 1 is 1.59 bits per heavy atom. The molecule has 96 valence electrons. The molecule has 0 aliphatic carbocycles. The normalized spacial score (nSPS) is 21.9. The van der Waals surface area contributed by atoms with Crippen LogP contribution in [0.3, 0.4) is 0 Å². The summed E-state index contributed by atoms with van der Waals surface area (Å²) < 4.78 is 7.96. The molecule has 0 radical (unpaired) electrons. The first-order valence-electron chi connectivity index (χ1n) is 6.29. The third-order valence-electron chi connectivity index (χ3n) is 3.10. The smallest absolute Gasteiger partial charge is 0.0949 e. The monoisotopic (exact) mass is 238 g/mol. The van der Waals surface area contributed by atoms with Crippen LogP contribution in [-0.2, 0) is 17.8 Å². The number of rotatable bonds is 5. The molecule has 1 fully saturated rings. The lowest BCUT2D eigenvalue weighted by atomic mass is 10.2. The Kier molecular flexibility index (Phi) is 4.53. The van der Waals surface area contributed by atoms with Crippen LogP contribution in [0.4, 0.5) is 0 Å². The molecule has 1 aliphatic rings. The highest BCUT2D eigenvalue weighted by Crippen LogP contribution is 2.08. The van der Waals surface area contributed by atoms with Crippen LogP contribution < -0.4 is 5.32 Å². The maximum absolute atomic E-state index is 5.77. The van der Waals surface area contributed by atoms with Crippen LogP contribution in [0.25, 0.3) is 0 Å². The molecule has 1 saturated heterocycles. The number of hydrogen-bond donors (Lipinski definition) is 1. The molecular weight excluding hydrogens is 216 g/mol. The number of likely N-dealkylation sites (N-methyl/N-ethyl adjacent to an activating group) is 1. The van der Waals surface area contributed by atoms with Crippen molar-refractivity contribution in [2.45, 2.75) is 26.1 Å². The van der Waals surface area contributed by atoms with Crippen LogP contribution in [0, 0.1) is 0 Å². The van der Waals surface area contributed by atoms with E-state index in [9.17, 15) is 0 Å². The summed E-state index contributed by atoms with van der Waals surface area (Å²) in [4.78, 5) is 6.53. The third-order valence-corrected chi connectivity index (χ3v) is 3.10. The van der Waals surface area contributed by atoms with Crippen molar-refractivity contribution < 1.29 is 4.74 Å². The van der Waals surface area contributed by atoms with Crippen molar-refractivity contribution in [3.8, 4) is 0 Å². The van der Waals surface area contributed by atoms with Crippen molar-refractivity contribution in [2.75, 3.05) is 33.3 Å². The van der Waals surface area contributed by atoms with Gasteiger partial charge in [0.25, 0.3) is 0 Å². The van der Waals surface area contributed by atoms with Crippen LogP contribution in [0.2, 0.25) is 0 Å². The van der Waals surface area contributed by atoms with Gasteiger partial charge in [0.15, 0.2) is 0 Å². The van der Waals surface area contributed by atoms with E-state index in [1.807, 2.05) is 12.5 Å². The quantitative estimate of drug-likeness (QED) is 0.802. The van der Waals surface area contributed by atoms with Crippen LogP contribution >= 0.6 is 0 Å². The van der Waals surface area contributed by atoms with Crippen LogP contribution in [-0.4, -0.2) is 53.8 Å². The molecule has 1 unspecified atom stereocenters. The minimum atomic E-state index is 0.281. The summed E-state index contributed by atoms with van der Waals surface area (Å²) in [5, 5.41) is 3.33. The molecule has 0 saturated carbocycles. The second-order valence-corrected chi connectivity index (χ2v) is 4.57. The zero-order chi connectivity index (χ0) is 12.1. The molecule has 1 aromatic rings. The van der Waals surface area contributed by atoms with Gasteiger partial charge in [0, 0.05) is 25.8 Å². The van der Waals surface area contributed by atoms with Crippen LogP contribution in [0.1, 0.15) is 12.6 Å². The van der Waals surface area contributed by atoms with Gasteiger partial charge in [-0.3, -0.25) is 0 Å². The molecule has 1 atom stereocenters. The molecule has 2 heterocycles. The largest absolute Gasteiger partial charge is 0.374 e. The van der Waals surface area contributed by atoms with Gasteiger partial charge in [0.2, 0.25) is 0 Å². The zero-order valence-corrected chi connectivity index (χ0v) is 10.7. The van der Waals surface area contributed by atoms with Crippen LogP contribution in [0.15, 0.2) is 12.5 Å². The Morgan fingerprint density at radius 2 is 2.47 bits per heavy atom. The molecule has 5 heteroatoms. The predicted molar refractivity (Wildman–Crippen MR) is 66.8 cm³/mol. The minimum absolute atomic E-state index is 0.281. The van der Waals surface area contributed by atoms with E-state index < -0.39 is 0 Å². The molecule has 1 aliphatic heterocycles. The Hall–Kier alpha value is -0.910. The first-order valence-corrected chi connectivity index (χ1v) is 6.29. The summed E-state index contributed by atoms with van der Waals surface area (Å²) in [5.74, 6) is 0. The number of aromatic nitrogens is 2. The van der Waals surface area contributed by atoms with Gasteiger partial charge >= 0.3 is 0 Å². The molecule has 2 rings (SSSR count). The Balaban J connectivity index is 1.91. The van der Waals surface area contributed by atoms with E-state index in [0.717, 1.165) is 39.3 Å². The van der Waals surface area contributed by atoms with Crippen molar-refractivity contribution in [1.82, 2.24) is 19.8 Å². The molecule has 0 spiro atoms. The summed E-state index contributed by atoms with van der Waals surface area (Å²) in [7, 11) is 2.14. The van der Waals surface area contributed by atoms with Gasteiger partial charge in [0.1, 0.15) is 0 Å². The van der Waals surface area contributed by atoms with Crippen molar-refractivity contribution in [2.24, 2.45) is 0 Å². The maximum Gasteiger partial charge on any atom is 0.0949 e. The van der Waals surface area contributed by atoms with Gasteiger partial charge < -0.3 is 19.5 Å². The highest BCUT2D eigenvalue weighted by molar-refractivity contribution is 4.98. The Bertz CT molecular complexity index is 339. The average molecular weight is 238 g/mol. The molecule has 5 nitrogen and oxygen atoms in total. The van der Waals surface area contributed by atoms with Crippen molar-refractivity contribution >= 4 is 0 Å². The third kappa shape index (κ3) is 3.52. The van der Waals surface area contributed by atoms with Crippen molar-refractivity contribution in [3.63, 3.8) is 0 Å². The number of nitrogens with zero attached hydrogens (tertiary/aromatic N) is 3. The van der Waals surface area contributed by atoms with Gasteiger partial charge in [-0.25, -0.2) is 4.98 Å². The number of ether oxygens (including phenoxy) is 1. The molecule has 0 amide bonds. The predicted octanol–water partition coefficient (Wildman–Crippen LogP) is 0.323. The van der Waals surface area contributed by atoms with Crippen molar-refractivity contribution in [3.05, 3.63) is 18.2 Å². The average Bonchev–Trinajstić information content (AvgIpc) is 2.74. The fraction of sp³-hybridized carbons (Fsp3) is 0.750. The van der Waals surface area contributed by atoms with Gasteiger partial charge in [-0.05, 0) is 13.6 Å². The highest BCUT2D eigenvalue weighted by Gasteiger charge is 2.18. The molecule has 0 aromatic carbocycles. The van der Waals surface area contributed by atoms with Gasteiger partial charge in [-0.2, -0.15) is 0 Å². The van der Waals surface area contributed by atoms with Gasteiger partial charge in [0.05, 0.1) is 31.3 Å². The van der Waals surface area contributed by atoms with E-state index in [0.29, 0.717) is 0 Å². The first kappa shape index (κ1) is 12.5. The number of imidazole rings is 1. The second-order valence-electron chi connectivity index (χ2n) is 4.57. The standard InChI is InChI=1S/C12H22N4O/c1-3-13-6-11-7-14-10-16(11)9-12-8-15(2)4-5-17-12/h7,10,12-13H,3-6,8-9H2,1-2H3. The van der Waals surface area contributed by atoms with E-state index in [1.54, 1.807) is 0 Å². The Morgan fingerprint density at radius 3 is 3.24 bits per heavy atom. The van der Waals surface area contributed by atoms with Crippen LogP contribution in [0.5, 0.6) is 0 Å². The summed E-state index contributed by atoms with van der Waals surface area (Å²) in [6.45, 7) is 7.72. The van der Waals surface area contributed by atoms with Gasteiger partial charge in [-0.1, -0.05) is 6.92 Å². The SMILES string of the molecule is CCNCc1cncn1CC1CN(C)CCO1. The Labute approximate surface area is 103 Å². The first-order chi connectivity index (χ1) is 8.29. The lowest BCUT2D eigenvalue weighted by molar-refractivity contribution is -0.0278. The number of morpholine rings is 1. The summed E-state index contributed by atoms with van der Waals surface area (Å²) in [6, 6.07) is 0. The summed E-state index contributed by atoms with van der Waals surface area (Å²) in [6.07, 6.45) is 4.10. The van der Waals surface area contributed by atoms with Crippen molar-refractivity contribution in [1.29, 1.82) is 0 Å². The topological polar surface area (TPSA) is 42.3 Å². The molecule has 1 aromatic heterocycles. The van der Waals surface area contributed by atoms with E-state index in [2.05, 4.69) is 33.7 Å². The number of hydrogen-bond acceptors (Lipinski definition) is 4. The van der Waals surface area contributed by atoms with E-state index in [4.69, 9.17) is 4.74 Å². The summed E-state index contributed by atoms with van der Waals surface area (Å²) in [5.41, 5.74) is 1.23. The zero-order valence-electron chi connectivity index (χ0n) is 10.7. The highest BCUT2D eigenvalue weighted by atomic mass is 16.5. The van der Waals surface area contributed by atoms with Gasteiger partial charge in [-0.15, -0.1) is 0 Å². The lowest BCUT2D eigenvalue weighted by Gasteiger charge is -2.30. The lowest BCUT2D eigenvalue weighted by Crippen LogP contribution is -2.42. The molecule has 1 N–H and O–H groups in total. The minimum Gasteiger partial charge on any atom is -0.374 e. The number of nitrogens with one attached hydrogen (secondary N) is 1. The van der Waals surface area contributed by atoms with E-state index in [-0.39, 0.29) is 6.10 Å². The molecular formula is C12H22N4O. The second kappa shape index (κ2) is 6.14. The fourth-order valence-electron chi connectivity index (χ4n) is 2.11. The molecule has 0 bridgehead atoms. The van der Waals surface area contributed by atoms with E-state index in [1.165, 1.54) is 5.69 Å². The summed E-state index contributed by atoms with van der Waals surface area (Å²) >= 11 is 0.